The zero-order valence-corrected chi connectivity index (χ0v) is 8.85. The normalized spacial score (nSPS) is 12.3. The molecule has 0 fully saturated rings. The standard InChI is InChI=1S/C8H19N.C2H6/c1-4-5-8(9)6-7(2)3;1-2/h7-8H,4-6,9H2,1-3H3;1-2H3/t8-;/m1./s1. The van der Waals surface area contributed by atoms with Gasteiger partial charge in [0.15, 0.2) is 0 Å². The van der Waals surface area contributed by atoms with Crippen molar-refractivity contribution < 1.29 is 0 Å². The van der Waals surface area contributed by atoms with Crippen molar-refractivity contribution in [3.63, 3.8) is 0 Å². The number of nitrogens with two attached hydrogens (primary N) is 1. The van der Waals surface area contributed by atoms with Crippen LogP contribution in [0.4, 0.5) is 0 Å². The molecule has 1 nitrogen and oxygen atoms in total. The molecule has 70 valence electrons. The average molecular weight is 159 g/mol. The highest BCUT2D eigenvalue weighted by molar-refractivity contribution is 4.61. The van der Waals surface area contributed by atoms with E-state index in [1.807, 2.05) is 13.8 Å². The zero-order chi connectivity index (χ0) is 9.28. The number of hydrogen-bond donors (Lipinski definition) is 1. The molecular formula is C10H25N. The molecule has 0 radical (unpaired) electrons. The molecule has 0 aliphatic rings. The van der Waals surface area contributed by atoms with Gasteiger partial charge in [0.1, 0.15) is 0 Å². The van der Waals surface area contributed by atoms with Crippen LogP contribution in [0.1, 0.15) is 53.9 Å². The fraction of sp³-hybridized carbons (Fsp3) is 1.00. The Hall–Kier alpha value is -0.0400. The minimum Gasteiger partial charge on any atom is -0.328 e. The molecule has 0 saturated heterocycles. The smallest absolute Gasteiger partial charge is 0.00411 e. The second-order valence-corrected chi connectivity index (χ2v) is 3.18. The molecule has 2 N–H and O–H groups in total. The first kappa shape index (κ1) is 13.5. The second kappa shape index (κ2) is 9.96. The van der Waals surface area contributed by atoms with E-state index in [0.717, 1.165) is 5.92 Å². The van der Waals surface area contributed by atoms with Crippen molar-refractivity contribution >= 4 is 0 Å². The highest BCUT2D eigenvalue weighted by Gasteiger charge is 2.02. The molecule has 1 atom stereocenters. The van der Waals surface area contributed by atoms with Crippen LogP contribution in [-0.4, -0.2) is 6.04 Å². The summed E-state index contributed by atoms with van der Waals surface area (Å²) in [5, 5.41) is 0. The first-order valence-corrected chi connectivity index (χ1v) is 4.92. The Balaban J connectivity index is 0. The van der Waals surface area contributed by atoms with E-state index in [0.29, 0.717) is 6.04 Å². The van der Waals surface area contributed by atoms with E-state index in [2.05, 4.69) is 20.8 Å². The minimum atomic E-state index is 0.440. The lowest BCUT2D eigenvalue weighted by atomic mass is 10.0. The largest absolute Gasteiger partial charge is 0.328 e. The maximum atomic E-state index is 5.79. The third-order valence-electron chi connectivity index (χ3n) is 1.43. The van der Waals surface area contributed by atoms with Gasteiger partial charge in [-0.25, -0.2) is 0 Å². The molecule has 0 aromatic carbocycles. The Morgan fingerprint density at radius 3 is 1.91 bits per heavy atom. The maximum absolute atomic E-state index is 5.79. The third kappa shape index (κ3) is 13.0. The fourth-order valence-corrected chi connectivity index (χ4v) is 1.09. The van der Waals surface area contributed by atoms with Gasteiger partial charge in [-0.2, -0.15) is 0 Å². The van der Waals surface area contributed by atoms with E-state index in [9.17, 15) is 0 Å². The lowest BCUT2D eigenvalue weighted by Gasteiger charge is -2.11. The molecule has 0 aromatic rings. The molecular weight excluding hydrogens is 134 g/mol. The van der Waals surface area contributed by atoms with E-state index in [1.54, 1.807) is 0 Å². The molecule has 0 amide bonds. The van der Waals surface area contributed by atoms with Gasteiger partial charge in [-0.1, -0.05) is 41.0 Å². The van der Waals surface area contributed by atoms with Gasteiger partial charge in [-0.15, -0.1) is 0 Å². The molecule has 0 aliphatic carbocycles. The van der Waals surface area contributed by atoms with Crippen molar-refractivity contribution in [2.75, 3.05) is 0 Å². The first-order valence-electron chi connectivity index (χ1n) is 4.92. The lowest BCUT2D eigenvalue weighted by molar-refractivity contribution is 0.470. The Morgan fingerprint density at radius 2 is 1.64 bits per heavy atom. The molecule has 0 aliphatic heterocycles. The predicted octanol–water partition coefficient (Wildman–Crippen LogP) is 3.19. The van der Waals surface area contributed by atoms with Crippen molar-refractivity contribution in [2.45, 2.75) is 59.9 Å². The average Bonchev–Trinajstić information content (AvgIpc) is 1.91. The topological polar surface area (TPSA) is 26.0 Å². The van der Waals surface area contributed by atoms with E-state index < -0.39 is 0 Å². The lowest BCUT2D eigenvalue weighted by Crippen LogP contribution is -2.21. The van der Waals surface area contributed by atoms with Gasteiger partial charge < -0.3 is 5.73 Å². The van der Waals surface area contributed by atoms with E-state index in [-0.39, 0.29) is 0 Å². The predicted molar refractivity (Wildman–Crippen MR) is 53.7 cm³/mol. The van der Waals surface area contributed by atoms with E-state index in [4.69, 9.17) is 5.73 Å². The van der Waals surface area contributed by atoms with Gasteiger partial charge >= 0.3 is 0 Å². The highest BCUT2D eigenvalue weighted by atomic mass is 14.6. The van der Waals surface area contributed by atoms with Crippen LogP contribution in [0.3, 0.4) is 0 Å². The van der Waals surface area contributed by atoms with Crippen LogP contribution in [0.5, 0.6) is 0 Å². The molecule has 0 bridgehead atoms. The summed E-state index contributed by atoms with van der Waals surface area (Å²) in [4.78, 5) is 0. The summed E-state index contributed by atoms with van der Waals surface area (Å²) >= 11 is 0. The Bertz CT molecular complexity index is 59.9. The first-order chi connectivity index (χ1) is 5.16. The van der Waals surface area contributed by atoms with Crippen LogP contribution < -0.4 is 5.73 Å². The summed E-state index contributed by atoms with van der Waals surface area (Å²) < 4.78 is 0. The summed E-state index contributed by atoms with van der Waals surface area (Å²) in [5.74, 6) is 0.756. The zero-order valence-electron chi connectivity index (χ0n) is 8.85. The summed E-state index contributed by atoms with van der Waals surface area (Å²) in [5.41, 5.74) is 5.79. The molecule has 11 heavy (non-hydrogen) atoms. The maximum Gasteiger partial charge on any atom is 0.00411 e. The van der Waals surface area contributed by atoms with Gasteiger partial charge in [0.05, 0.1) is 0 Å². The highest BCUT2D eigenvalue weighted by Crippen LogP contribution is 2.06. The molecule has 0 aromatic heterocycles. The molecule has 0 saturated carbocycles. The second-order valence-electron chi connectivity index (χ2n) is 3.18. The molecule has 1 heteroatoms. The summed E-state index contributed by atoms with van der Waals surface area (Å²) in [6.07, 6.45) is 3.57. The molecule has 0 rings (SSSR count). The SMILES string of the molecule is CC.CCC[C@@H](N)CC(C)C. The Morgan fingerprint density at radius 1 is 1.18 bits per heavy atom. The monoisotopic (exact) mass is 159 g/mol. The summed E-state index contributed by atoms with van der Waals surface area (Å²) in [6.45, 7) is 10.6. The van der Waals surface area contributed by atoms with Crippen LogP contribution in [-0.2, 0) is 0 Å². The number of hydrogen-bond acceptors (Lipinski definition) is 1. The Labute approximate surface area is 72.4 Å². The van der Waals surface area contributed by atoms with Crippen LogP contribution in [0, 0.1) is 5.92 Å². The van der Waals surface area contributed by atoms with Crippen molar-refractivity contribution in [2.24, 2.45) is 11.7 Å². The van der Waals surface area contributed by atoms with Gasteiger partial charge in [0, 0.05) is 6.04 Å². The molecule has 0 spiro atoms. The van der Waals surface area contributed by atoms with E-state index >= 15 is 0 Å². The van der Waals surface area contributed by atoms with Crippen LogP contribution in [0.15, 0.2) is 0 Å². The van der Waals surface area contributed by atoms with Crippen molar-refractivity contribution in [3.05, 3.63) is 0 Å². The summed E-state index contributed by atoms with van der Waals surface area (Å²) in [6, 6.07) is 0.440. The van der Waals surface area contributed by atoms with Crippen LogP contribution in [0.2, 0.25) is 0 Å². The van der Waals surface area contributed by atoms with Crippen LogP contribution >= 0.6 is 0 Å². The quantitative estimate of drug-likeness (QED) is 0.670. The van der Waals surface area contributed by atoms with Crippen molar-refractivity contribution in [3.8, 4) is 0 Å². The minimum absolute atomic E-state index is 0.440. The van der Waals surface area contributed by atoms with Gasteiger partial charge in [-0.05, 0) is 18.8 Å². The molecule has 0 heterocycles. The van der Waals surface area contributed by atoms with Crippen molar-refractivity contribution in [1.82, 2.24) is 0 Å². The number of rotatable bonds is 4. The van der Waals surface area contributed by atoms with Gasteiger partial charge in [-0.3, -0.25) is 0 Å². The summed E-state index contributed by atoms with van der Waals surface area (Å²) in [7, 11) is 0. The van der Waals surface area contributed by atoms with Crippen LogP contribution in [0.25, 0.3) is 0 Å². The van der Waals surface area contributed by atoms with Gasteiger partial charge in [0.25, 0.3) is 0 Å². The Kier molecular flexibility index (Phi) is 12.3. The fourth-order valence-electron chi connectivity index (χ4n) is 1.09. The third-order valence-corrected chi connectivity index (χ3v) is 1.43. The van der Waals surface area contributed by atoms with Crippen molar-refractivity contribution in [1.29, 1.82) is 0 Å². The van der Waals surface area contributed by atoms with E-state index in [1.165, 1.54) is 19.3 Å². The van der Waals surface area contributed by atoms with Gasteiger partial charge in [0.2, 0.25) is 0 Å². The molecule has 0 unspecified atom stereocenters.